The summed E-state index contributed by atoms with van der Waals surface area (Å²) in [6.45, 7) is 0.654. The quantitative estimate of drug-likeness (QED) is 0.786. The first-order chi connectivity index (χ1) is 9.74. The van der Waals surface area contributed by atoms with Crippen LogP contribution in [0.15, 0.2) is 30.6 Å². The monoisotopic (exact) mass is 269 g/mol. The minimum atomic E-state index is 0.0552. The number of carbonyl (C=O) groups is 1. The van der Waals surface area contributed by atoms with E-state index in [1.807, 2.05) is 31.3 Å². The molecule has 3 N–H and O–H groups in total. The first-order valence-corrected chi connectivity index (χ1v) is 6.40. The van der Waals surface area contributed by atoms with Crippen molar-refractivity contribution in [3.05, 3.63) is 41.7 Å². The number of amides is 1. The number of benzene rings is 1. The van der Waals surface area contributed by atoms with E-state index in [0.29, 0.717) is 13.0 Å². The van der Waals surface area contributed by atoms with Gasteiger partial charge >= 0.3 is 0 Å². The highest BCUT2D eigenvalue weighted by molar-refractivity contribution is 5.99. The molecule has 1 aromatic heterocycles. The van der Waals surface area contributed by atoms with Crippen LogP contribution >= 0.6 is 0 Å². The molecule has 0 fully saturated rings. The average Bonchev–Trinajstić information content (AvgIpc) is 2.84. The zero-order valence-electron chi connectivity index (χ0n) is 11.1. The minimum absolute atomic E-state index is 0.0552. The molecule has 1 amide bonds. The molecule has 0 atom stereocenters. The summed E-state index contributed by atoms with van der Waals surface area (Å²) in [5.74, 6) is 1.59. The van der Waals surface area contributed by atoms with Crippen molar-refractivity contribution < 1.29 is 4.79 Å². The topological polar surface area (TPSA) is 78.9 Å². The van der Waals surface area contributed by atoms with Crippen LogP contribution in [0.5, 0.6) is 0 Å². The van der Waals surface area contributed by atoms with Crippen LogP contribution in [0.1, 0.15) is 11.1 Å². The van der Waals surface area contributed by atoms with Gasteiger partial charge in [0.05, 0.1) is 6.42 Å². The van der Waals surface area contributed by atoms with Crippen LogP contribution in [0.3, 0.4) is 0 Å². The molecule has 20 heavy (non-hydrogen) atoms. The van der Waals surface area contributed by atoms with Crippen LogP contribution < -0.4 is 16.0 Å². The maximum Gasteiger partial charge on any atom is 0.228 e. The van der Waals surface area contributed by atoms with E-state index in [9.17, 15) is 4.79 Å². The minimum Gasteiger partial charge on any atom is -0.373 e. The van der Waals surface area contributed by atoms with Gasteiger partial charge in [-0.2, -0.15) is 0 Å². The molecule has 0 aliphatic carbocycles. The fourth-order valence-electron chi connectivity index (χ4n) is 2.18. The summed E-state index contributed by atoms with van der Waals surface area (Å²) >= 11 is 0. The molecule has 6 nitrogen and oxygen atoms in total. The third-order valence-corrected chi connectivity index (χ3v) is 3.19. The lowest BCUT2D eigenvalue weighted by molar-refractivity contribution is -0.115. The van der Waals surface area contributed by atoms with Crippen molar-refractivity contribution >= 4 is 23.2 Å². The molecule has 102 valence electrons. The van der Waals surface area contributed by atoms with Crippen molar-refractivity contribution in [1.29, 1.82) is 0 Å². The lowest BCUT2D eigenvalue weighted by atomic mass is 10.1. The second-order valence-corrected chi connectivity index (χ2v) is 4.61. The van der Waals surface area contributed by atoms with Crippen molar-refractivity contribution in [3.63, 3.8) is 0 Å². The van der Waals surface area contributed by atoms with E-state index in [4.69, 9.17) is 0 Å². The lowest BCUT2D eigenvalue weighted by Crippen LogP contribution is -2.03. The standard InChI is InChI=1S/C14H15N5O/c1-15-12-6-13(18-8-17-12)16-7-9-2-3-11-10(4-9)5-14(20)19-11/h2-4,6,8H,5,7H2,1H3,(H,19,20)(H2,15,16,17,18). The van der Waals surface area contributed by atoms with E-state index < -0.39 is 0 Å². The first kappa shape index (κ1) is 12.4. The van der Waals surface area contributed by atoms with Crippen LogP contribution in [-0.2, 0) is 17.8 Å². The van der Waals surface area contributed by atoms with E-state index >= 15 is 0 Å². The Morgan fingerprint density at radius 2 is 2.10 bits per heavy atom. The molecule has 0 saturated carbocycles. The third-order valence-electron chi connectivity index (χ3n) is 3.19. The molecule has 0 saturated heterocycles. The van der Waals surface area contributed by atoms with Gasteiger partial charge in [0.1, 0.15) is 18.0 Å². The SMILES string of the molecule is CNc1cc(NCc2ccc3c(c2)CC(=O)N3)ncn1. The largest absolute Gasteiger partial charge is 0.373 e. The maximum atomic E-state index is 11.3. The molecular formula is C14H15N5O. The van der Waals surface area contributed by atoms with Crippen molar-refractivity contribution in [2.75, 3.05) is 23.0 Å². The maximum absolute atomic E-state index is 11.3. The van der Waals surface area contributed by atoms with Gasteiger partial charge in [-0.3, -0.25) is 4.79 Å². The second-order valence-electron chi connectivity index (χ2n) is 4.61. The van der Waals surface area contributed by atoms with Gasteiger partial charge < -0.3 is 16.0 Å². The summed E-state index contributed by atoms with van der Waals surface area (Å²) in [7, 11) is 1.82. The van der Waals surface area contributed by atoms with Crippen molar-refractivity contribution in [2.24, 2.45) is 0 Å². The number of fused-ring (bicyclic) bond motifs is 1. The molecule has 0 bridgehead atoms. The van der Waals surface area contributed by atoms with Gasteiger partial charge in [-0.1, -0.05) is 12.1 Å². The highest BCUT2D eigenvalue weighted by Gasteiger charge is 2.17. The Morgan fingerprint density at radius 1 is 1.25 bits per heavy atom. The number of anilines is 3. The van der Waals surface area contributed by atoms with Gasteiger partial charge in [-0.05, 0) is 17.2 Å². The number of hydrogen-bond acceptors (Lipinski definition) is 5. The number of carbonyl (C=O) groups excluding carboxylic acids is 1. The Hall–Kier alpha value is -2.63. The van der Waals surface area contributed by atoms with Crippen LogP contribution in [-0.4, -0.2) is 22.9 Å². The van der Waals surface area contributed by atoms with E-state index in [1.54, 1.807) is 0 Å². The predicted octanol–water partition coefficient (Wildman–Crippen LogP) is 1.62. The van der Waals surface area contributed by atoms with Gasteiger partial charge in [0.2, 0.25) is 5.91 Å². The van der Waals surface area contributed by atoms with Crippen molar-refractivity contribution in [1.82, 2.24) is 9.97 Å². The Labute approximate surface area is 116 Å². The van der Waals surface area contributed by atoms with E-state index in [0.717, 1.165) is 28.5 Å². The summed E-state index contributed by atoms with van der Waals surface area (Å²) < 4.78 is 0. The zero-order chi connectivity index (χ0) is 13.9. The molecule has 1 aliphatic rings. The fourth-order valence-corrected chi connectivity index (χ4v) is 2.18. The number of nitrogens with one attached hydrogen (secondary N) is 3. The van der Waals surface area contributed by atoms with Crippen LogP contribution in [0, 0.1) is 0 Å². The predicted molar refractivity (Wildman–Crippen MR) is 77.7 cm³/mol. The molecule has 0 spiro atoms. The molecule has 0 radical (unpaired) electrons. The average molecular weight is 269 g/mol. The molecule has 0 unspecified atom stereocenters. The Morgan fingerprint density at radius 3 is 2.95 bits per heavy atom. The molecule has 1 aromatic carbocycles. The zero-order valence-corrected chi connectivity index (χ0v) is 11.1. The summed E-state index contributed by atoms with van der Waals surface area (Å²) in [6, 6.07) is 7.83. The Balaban J connectivity index is 1.69. The van der Waals surface area contributed by atoms with Crippen molar-refractivity contribution in [3.8, 4) is 0 Å². The Kier molecular flexibility index (Phi) is 3.20. The third kappa shape index (κ3) is 2.54. The van der Waals surface area contributed by atoms with E-state index in [2.05, 4.69) is 25.9 Å². The smallest absolute Gasteiger partial charge is 0.228 e. The van der Waals surface area contributed by atoms with E-state index in [1.165, 1.54) is 6.33 Å². The van der Waals surface area contributed by atoms with Gasteiger partial charge in [0, 0.05) is 25.3 Å². The van der Waals surface area contributed by atoms with Gasteiger partial charge in [0.25, 0.3) is 0 Å². The van der Waals surface area contributed by atoms with E-state index in [-0.39, 0.29) is 5.91 Å². The molecule has 2 heterocycles. The molecule has 1 aliphatic heterocycles. The fraction of sp³-hybridized carbons (Fsp3) is 0.214. The Bertz CT molecular complexity index is 656. The van der Waals surface area contributed by atoms with Crippen LogP contribution in [0.25, 0.3) is 0 Å². The number of nitrogens with zero attached hydrogens (tertiary/aromatic N) is 2. The number of rotatable bonds is 4. The molecular weight excluding hydrogens is 254 g/mol. The van der Waals surface area contributed by atoms with Gasteiger partial charge in [0.15, 0.2) is 0 Å². The lowest BCUT2D eigenvalue weighted by Gasteiger charge is -2.08. The summed E-state index contributed by atoms with van der Waals surface area (Å²) in [6.07, 6.45) is 1.97. The molecule has 2 aromatic rings. The molecule has 3 rings (SSSR count). The number of hydrogen-bond donors (Lipinski definition) is 3. The highest BCUT2D eigenvalue weighted by Crippen LogP contribution is 2.24. The highest BCUT2D eigenvalue weighted by atomic mass is 16.1. The van der Waals surface area contributed by atoms with Gasteiger partial charge in [-0.25, -0.2) is 9.97 Å². The normalized spacial score (nSPS) is 12.8. The molecule has 6 heteroatoms. The van der Waals surface area contributed by atoms with Crippen LogP contribution in [0.4, 0.5) is 17.3 Å². The van der Waals surface area contributed by atoms with Crippen LogP contribution in [0.2, 0.25) is 0 Å². The summed E-state index contributed by atoms with van der Waals surface area (Å²) in [5.41, 5.74) is 3.08. The number of aromatic nitrogens is 2. The van der Waals surface area contributed by atoms with Gasteiger partial charge in [-0.15, -0.1) is 0 Å². The summed E-state index contributed by atoms with van der Waals surface area (Å²) in [4.78, 5) is 19.5. The summed E-state index contributed by atoms with van der Waals surface area (Å²) in [5, 5.41) is 9.03. The second kappa shape index (κ2) is 5.16. The first-order valence-electron chi connectivity index (χ1n) is 6.40. The van der Waals surface area contributed by atoms with Crippen molar-refractivity contribution in [2.45, 2.75) is 13.0 Å².